The van der Waals surface area contributed by atoms with E-state index in [0.717, 1.165) is 24.8 Å². The molecule has 2 atom stereocenters. The van der Waals surface area contributed by atoms with Crippen molar-refractivity contribution in [1.29, 1.82) is 0 Å². The van der Waals surface area contributed by atoms with Crippen LogP contribution in [0.25, 0.3) is 0 Å². The summed E-state index contributed by atoms with van der Waals surface area (Å²) in [6.07, 6.45) is 2.55. The van der Waals surface area contributed by atoms with Gasteiger partial charge >= 0.3 is 0 Å². The van der Waals surface area contributed by atoms with E-state index in [1.54, 1.807) is 7.11 Å². The molecule has 1 aliphatic rings. The van der Waals surface area contributed by atoms with Gasteiger partial charge in [-0.1, -0.05) is 26.0 Å². The van der Waals surface area contributed by atoms with Crippen LogP contribution in [0.1, 0.15) is 32.3 Å². The van der Waals surface area contributed by atoms with Crippen molar-refractivity contribution in [2.45, 2.75) is 32.1 Å². The van der Waals surface area contributed by atoms with Gasteiger partial charge in [0.2, 0.25) is 0 Å². The lowest BCUT2D eigenvalue weighted by Gasteiger charge is -2.16. The maximum atomic E-state index is 5.22. The molecule has 2 nitrogen and oxygen atoms in total. The second-order valence-electron chi connectivity index (χ2n) is 4.95. The first-order chi connectivity index (χ1) is 8.26. The molecule has 94 valence electrons. The van der Waals surface area contributed by atoms with E-state index < -0.39 is 0 Å². The maximum Gasteiger partial charge on any atom is 0.118 e. The molecule has 0 spiro atoms. The van der Waals surface area contributed by atoms with Gasteiger partial charge in [0.15, 0.2) is 0 Å². The molecule has 1 saturated carbocycles. The van der Waals surface area contributed by atoms with Crippen LogP contribution >= 0.6 is 0 Å². The van der Waals surface area contributed by atoms with Crippen LogP contribution < -0.4 is 10.1 Å². The van der Waals surface area contributed by atoms with Gasteiger partial charge in [-0.2, -0.15) is 0 Å². The Balaban J connectivity index is 2.08. The van der Waals surface area contributed by atoms with Crippen molar-refractivity contribution in [1.82, 2.24) is 5.32 Å². The van der Waals surface area contributed by atoms with E-state index in [1.165, 1.54) is 18.4 Å². The summed E-state index contributed by atoms with van der Waals surface area (Å²) in [5.74, 6) is 1.75. The van der Waals surface area contributed by atoms with Gasteiger partial charge in [0.1, 0.15) is 5.75 Å². The van der Waals surface area contributed by atoms with E-state index >= 15 is 0 Å². The monoisotopic (exact) mass is 233 g/mol. The fourth-order valence-electron chi connectivity index (χ4n) is 2.88. The van der Waals surface area contributed by atoms with Crippen LogP contribution in [0.4, 0.5) is 0 Å². The van der Waals surface area contributed by atoms with Gasteiger partial charge in [-0.25, -0.2) is 0 Å². The molecule has 1 fully saturated rings. The normalized spacial score (nSPS) is 26.9. The summed E-state index contributed by atoms with van der Waals surface area (Å²) in [6.45, 7) is 6.69. The molecule has 0 aromatic heterocycles. The van der Waals surface area contributed by atoms with Crippen molar-refractivity contribution < 1.29 is 4.74 Å². The Morgan fingerprint density at radius 2 is 2.00 bits per heavy atom. The molecule has 2 rings (SSSR count). The van der Waals surface area contributed by atoms with E-state index in [2.05, 4.69) is 43.4 Å². The zero-order valence-corrected chi connectivity index (χ0v) is 11.1. The lowest BCUT2D eigenvalue weighted by Crippen LogP contribution is -2.20. The molecule has 0 aliphatic heterocycles. The fraction of sp³-hybridized carbons (Fsp3) is 0.600. The van der Waals surface area contributed by atoms with Gasteiger partial charge in [0.25, 0.3) is 0 Å². The molecule has 0 heterocycles. The van der Waals surface area contributed by atoms with Crippen LogP contribution in [0.15, 0.2) is 24.3 Å². The third kappa shape index (κ3) is 2.32. The average Bonchev–Trinajstić information content (AvgIpc) is 3.11. The largest absolute Gasteiger partial charge is 0.497 e. The Kier molecular flexibility index (Phi) is 3.72. The molecule has 1 aromatic rings. The zero-order chi connectivity index (χ0) is 12.3. The lowest BCUT2D eigenvalue weighted by molar-refractivity contribution is 0.414. The maximum absolute atomic E-state index is 5.22. The van der Waals surface area contributed by atoms with Gasteiger partial charge in [-0.15, -0.1) is 0 Å². The van der Waals surface area contributed by atoms with Gasteiger partial charge in [0.05, 0.1) is 7.11 Å². The highest BCUT2D eigenvalue weighted by Crippen LogP contribution is 2.56. The molecule has 2 heteroatoms. The highest BCUT2D eigenvalue weighted by molar-refractivity contribution is 5.37. The van der Waals surface area contributed by atoms with Gasteiger partial charge in [-0.3, -0.25) is 0 Å². The van der Waals surface area contributed by atoms with Crippen LogP contribution in [-0.4, -0.2) is 20.2 Å². The van der Waals surface area contributed by atoms with Crippen molar-refractivity contribution in [3.8, 4) is 5.75 Å². The lowest BCUT2D eigenvalue weighted by atomic mass is 9.90. The molecule has 0 saturated heterocycles. The summed E-state index contributed by atoms with van der Waals surface area (Å²) >= 11 is 0. The third-order valence-electron chi connectivity index (χ3n) is 4.17. The summed E-state index contributed by atoms with van der Waals surface area (Å²) in [7, 11) is 1.72. The minimum absolute atomic E-state index is 0.425. The molecule has 1 aromatic carbocycles. The molecule has 17 heavy (non-hydrogen) atoms. The smallest absolute Gasteiger partial charge is 0.118 e. The number of methoxy groups -OCH3 is 1. The molecule has 1 aliphatic carbocycles. The second kappa shape index (κ2) is 5.09. The molecule has 0 amide bonds. The Morgan fingerprint density at radius 3 is 2.53 bits per heavy atom. The number of hydrogen-bond acceptors (Lipinski definition) is 2. The predicted molar refractivity (Wildman–Crippen MR) is 71.6 cm³/mol. The first kappa shape index (κ1) is 12.4. The molecule has 2 unspecified atom stereocenters. The van der Waals surface area contributed by atoms with Crippen molar-refractivity contribution >= 4 is 0 Å². The Hall–Kier alpha value is -1.02. The average molecular weight is 233 g/mol. The highest BCUT2D eigenvalue weighted by atomic mass is 16.5. The number of rotatable bonds is 6. The van der Waals surface area contributed by atoms with E-state index in [9.17, 15) is 0 Å². The van der Waals surface area contributed by atoms with Crippen LogP contribution in [0.5, 0.6) is 5.75 Å². The SMILES string of the molecule is CCNCC1CC1(CC)c1ccc(OC)cc1. The highest BCUT2D eigenvalue weighted by Gasteiger charge is 2.52. The first-order valence-corrected chi connectivity index (χ1v) is 6.62. The molecular weight excluding hydrogens is 210 g/mol. The minimum atomic E-state index is 0.425. The molecular formula is C15H23NO. The van der Waals surface area contributed by atoms with Crippen LogP contribution in [0.2, 0.25) is 0 Å². The number of hydrogen-bond donors (Lipinski definition) is 1. The summed E-state index contributed by atoms with van der Waals surface area (Å²) in [5.41, 5.74) is 1.90. The standard InChI is InChI=1S/C15H23NO/c1-4-15(10-13(15)11-16-5-2)12-6-8-14(17-3)9-7-12/h6-9,13,16H,4-5,10-11H2,1-3H3. The molecule has 0 radical (unpaired) electrons. The van der Waals surface area contributed by atoms with Gasteiger partial charge < -0.3 is 10.1 Å². The van der Waals surface area contributed by atoms with E-state index in [-0.39, 0.29) is 0 Å². The number of benzene rings is 1. The summed E-state index contributed by atoms with van der Waals surface area (Å²) < 4.78 is 5.22. The van der Waals surface area contributed by atoms with Crippen molar-refractivity contribution in [2.75, 3.05) is 20.2 Å². The zero-order valence-electron chi connectivity index (χ0n) is 11.1. The Bertz CT molecular complexity index is 360. The van der Waals surface area contributed by atoms with E-state index in [4.69, 9.17) is 4.74 Å². The van der Waals surface area contributed by atoms with Crippen LogP contribution in [0.3, 0.4) is 0 Å². The summed E-state index contributed by atoms with van der Waals surface area (Å²) in [5, 5.41) is 3.47. The quantitative estimate of drug-likeness (QED) is 0.815. The van der Waals surface area contributed by atoms with Crippen molar-refractivity contribution in [2.24, 2.45) is 5.92 Å². The van der Waals surface area contributed by atoms with Crippen molar-refractivity contribution in [3.05, 3.63) is 29.8 Å². The van der Waals surface area contributed by atoms with Gasteiger partial charge in [0, 0.05) is 0 Å². The van der Waals surface area contributed by atoms with Crippen LogP contribution in [-0.2, 0) is 5.41 Å². The Morgan fingerprint density at radius 1 is 1.29 bits per heavy atom. The van der Waals surface area contributed by atoms with E-state index in [0.29, 0.717) is 5.41 Å². The summed E-state index contributed by atoms with van der Waals surface area (Å²) in [4.78, 5) is 0. The Labute approximate surface area is 104 Å². The van der Waals surface area contributed by atoms with Crippen molar-refractivity contribution in [3.63, 3.8) is 0 Å². The molecule has 0 bridgehead atoms. The van der Waals surface area contributed by atoms with Gasteiger partial charge in [-0.05, 0) is 55.0 Å². The van der Waals surface area contributed by atoms with E-state index in [1.807, 2.05) is 0 Å². The minimum Gasteiger partial charge on any atom is -0.497 e. The summed E-state index contributed by atoms with van der Waals surface area (Å²) in [6, 6.07) is 8.62. The first-order valence-electron chi connectivity index (χ1n) is 6.62. The second-order valence-corrected chi connectivity index (χ2v) is 4.95. The van der Waals surface area contributed by atoms with Crippen LogP contribution in [0, 0.1) is 5.92 Å². The topological polar surface area (TPSA) is 21.3 Å². The third-order valence-corrected chi connectivity index (χ3v) is 4.17. The predicted octanol–water partition coefficient (Wildman–Crippen LogP) is 2.97. The fourth-order valence-corrected chi connectivity index (χ4v) is 2.88. The molecule has 1 N–H and O–H groups in total. The number of ether oxygens (including phenoxy) is 1. The number of nitrogens with one attached hydrogen (secondary N) is 1.